The number of amidine groups is 1. The van der Waals surface area contributed by atoms with Gasteiger partial charge in [0.05, 0.1) is 31.2 Å². The minimum atomic E-state index is -0.200. The highest BCUT2D eigenvalue weighted by Gasteiger charge is 2.40. The van der Waals surface area contributed by atoms with Crippen molar-refractivity contribution in [3.8, 4) is 17.3 Å². The molecule has 0 amide bonds. The molecular formula is C22H23ClN8O. The van der Waals surface area contributed by atoms with E-state index < -0.39 is 0 Å². The Morgan fingerprint density at radius 1 is 1.31 bits per heavy atom. The average Bonchev–Trinajstić information content (AvgIpc) is 3.50. The van der Waals surface area contributed by atoms with E-state index >= 15 is 0 Å². The fraction of sp³-hybridized carbons (Fsp3) is 0.318. The van der Waals surface area contributed by atoms with Crippen LogP contribution in [0.1, 0.15) is 19.8 Å². The van der Waals surface area contributed by atoms with Crippen LogP contribution in [0.5, 0.6) is 0 Å². The number of hydrogen-bond acceptors (Lipinski definition) is 7. The Kier molecular flexibility index (Phi) is 5.36. The fourth-order valence-corrected chi connectivity index (χ4v) is 4.60. The quantitative estimate of drug-likeness (QED) is 0.452. The highest BCUT2D eigenvalue weighted by atomic mass is 35.5. The molecule has 0 saturated carbocycles. The lowest BCUT2D eigenvalue weighted by molar-refractivity contribution is 0.192. The van der Waals surface area contributed by atoms with Gasteiger partial charge in [-0.25, -0.2) is 9.97 Å². The largest absolute Gasteiger partial charge is 0.379 e. The maximum absolute atomic E-state index is 8.70. The fourth-order valence-electron chi connectivity index (χ4n) is 4.41. The smallest absolute Gasteiger partial charge is 0.237 e. The molecule has 2 N–H and O–H groups in total. The van der Waals surface area contributed by atoms with E-state index in [2.05, 4.69) is 14.9 Å². The van der Waals surface area contributed by atoms with Gasteiger partial charge in [-0.1, -0.05) is 30.7 Å². The number of benzene rings is 1. The third-order valence-electron chi connectivity index (χ3n) is 5.91. The Bertz CT molecular complexity index is 1170. The van der Waals surface area contributed by atoms with Gasteiger partial charge >= 0.3 is 0 Å². The molecule has 0 aliphatic carbocycles. The number of nitrogens with zero attached hydrogens (tertiary/aromatic N) is 6. The van der Waals surface area contributed by atoms with Crippen LogP contribution in [-0.2, 0) is 4.74 Å². The molecule has 32 heavy (non-hydrogen) atoms. The second-order valence-corrected chi connectivity index (χ2v) is 8.18. The zero-order valence-corrected chi connectivity index (χ0v) is 18.3. The van der Waals surface area contributed by atoms with Gasteiger partial charge in [0.15, 0.2) is 5.82 Å². The van der Waals surface area contributed by atoms with Crippen LogP contribution in [-0.4, -0.2) is 57.0 Å². The lowest BCUT2D eigenvalue weighted by Gasteiger charge is -2.44. The summed E-state index contributed by atoms with van der Waals surface area (Å²) in [7, 11) is 0. The summed E-state index contributed by atoms with van der Waals surface area (Å²) in [6, 6.07) is 7.41. The lowest BCUT2D eigenvalue weighted by atomic mass is 10.0. The van der Waals surface area contributed by atoms with Crippen LogP contribution in [0, 0.1) is 10.8 Å². The summed E-state index contributed by atoms with van der Waals surface area (Å²) in [4.78, 5) is 17.7. The van der Waals surface area contributed by atoms with Crippen LogP contribution in [0.3, 0.4) is 0 Å². The number of anilines is 2. The Balaban J connectivity index is 1.65. The van der Waals surface area contributed by atoms with Crippen molar-refractivity contribution >= 4 is 35.3 Å². The average molecular weight is 451 g/mol. The van der Waals surface area contributed by atoms with Crippen molar-refractivity contribution in [2.75, 3.05) is 23.0 Å². The summed E-state index contributed by atoms with van der Waals surface area (Å²) in [5, 5.41) is 17.2. The third kappa shape index (κ3) is 3.34. The van der Waals surface area contributed by atoms with Crippen LogP contribution >= 0.6 is 11.6 Å². The number of nitrogens with one attached hydrogen (secondary N) is 2. The van der Waals surface area contributed by atoms with E-state index in [1.165, 1.54) is 0 Å². The molecule has 0 radical (unpaired) electrons. The topological polar surface area (TPSA) is 107 Å². The Labute approximate surface area is 190 Å². The zero-order chi connectivity index (χ0) is 22.2. The van der Waals surface area contributed by atoms with Crippen molar-refractivity contribution in [3.63, 3.8) is 0 Å². The van der Waals surface area contributed by atoms with Crippen molar-refractivity contribution in [1.29, 1.82) is 10.8 Å². The summed E-state index contributed by atoms with van der Waals surface area (Å²) < 4.78 is 7.48. The van der Waals surface area contributed by atoms with Crippen molar-refractivity contribution in [2.24, 2.45) is 0 Å². The van der Waals surface area contributed by atoms with Gasteiger partial charge in [0, 0.05) is 29.6 Å². The molecule has 4 heterocycles. The minimum Gasteiger partial charge on any atom is -0.379 e. The highest BCUT2D eigenvalue weighted by Crippen LogP contribution is 2.38. The molecule has 2 aliphatic rings. The molecule has 2 atom stereocenters. The number of ether oxygens (including phenoxy) is 1. The third-order valence-corrected chi connectivity index (χ3v) is 6.14. The molecule has 9 nitrogen and oxygen atoms in total. The van der Waals surface area contributed by atoms with Crippen molar-refractivity contribution in [3.05, 3.63) is 47.9 Å². The normalized spacial score (nSPS) is 20.5. The molecule has 1 fully saturated rings. The Morgan fingerprint density at radius 2 is 2.19 bits per heavy atom. The zero-order valence-electron chi connectivity index (χ0n) is 17.6. The highest BCUT2D eigenvalue weighted by molar-refractivity contribution is 6.30. The number of rotatable bonds is 5. The van der Waals surface area contributed by atoms with E-state index in [1.807, 2.05) is 42.0 Å². The van der Waals surface area contributed by atoms with Crippen LogP contribution < -0.4 is 9.80 Å². The van der Waals surface area contributed by atoms with E-state index in [9.17, 15) is 0 Å². The van der Waals surface area contributed by atoms with Crippen LogP contribution in [0.4, 0.5) is 11.5 Å². The number of hydrogen-bond donors (Lipinski definition) is 2. The van der Waals surface area contributed by atoms with Gasteiger partial charge in [-0.2, -0.15) is 4.98 Å². The second-order valence-electron chi connectivity index (χ2n) is 7.74. The van der Waals surface area contributed by atoms with Gasteiger partial charge in [0.1, 0.15) is 17.3 Å². The number of aromatic nitrogens is 4. The molecule has 0 bridgehead atoms. The summed E-state index contributed by atoms with van der Waals surface area (Å²) in [6.07, 6.45) is 7.94. The summed E-state index contributed by atoms with van der Waals surface area (Å²) >= 11 is 6.19. The van der Waals surface area contributed by atoms with Crippen molar-refractivity contribution in [1.82, 2.24) is 19.5 Å². The first-order valence-corrected chi connectivity index (χ1v) is 10.9. The molecule has 10 heteroatoms. The Morgan fingerprint density at radius 3 is 2.91 bits per heavy atom. The summed E-state index contributed by atoms with van der Waals surface area (Å²) in [5.74, 6) is 2.19. The predicted octanol–water partition coefficient (Wildman–Crippen LogP) is 3.76. The minimum absolute atomic E-state index is 0.116. The molecular weight excluding hydrogens is 428 g/mol. The number of imidazole rings is 1. The van der Waals surface area contributed by atoms with E-state index in [-0.39, 0.29) is 12.1 Å². The molecule has 1 unspecified atom stereocenters. The Hall–Kier alpha value is -3.30. The van der Waals surface area contributed by atoms with Crippen molar-refractivity contribution < 1.29 is 4.74 Å². The van der Waals surface area contributed by atoms with Gasteiger partial charge in [0.25, 0.3) is 0 Å². The van der Waals surface area contributed by atoms with Gasteiger partial charge in [-0.3, -0.25) is 20.3 Å². The SMILES string of the molecule is CC[C@@H]1C(=N)N(C=N)c2cnc(-n3ccnc3-c3cccc(Cl)c3)nc2N1C1CCOC1. The molecule has 3 aromatic rings. The molecule has 1 aromatic carbocycles. The van der Waals surface area contributed by atoms with E-state index in [0.717, 1.165) is 24.7 Å². The first-order valence-electron chi connectivity index (χ1n) is 10.5. The van der Waals surface area contributed by atoms with Crippen LogP contribution in [0.15, 0.2) is 42.9 Å². The molecule has 2 aromatic heterocycles. The van der Waals surface area contributed by atoms with Crippen LogP contribution in [0.2, 0.25) is 5.02 Å². The summed E-state index contributed by atoms with van der Waals surface area (Å²) in [5.41, 5.74) is 1.48. The maximum atomic E-state index is 8.70. The predicted molar refractivity (Wildman–Crippen MR) is 124 cm³/mol. The van der Waals surface area contributed by atoms with Gasteiger partial charge < -0.3 is 9.64 Å². The molecule has 164 valence electrons. The molecule has 5 rings (SSSR count). The van der Waals surface area contributed by atoms with E-state index in [4.69, 9.17) is 32.1 Å². The first kappa shape index (κ1) is 20.6. The molecule has 2 aliphatic heterocycles. The second kappa shape index (κ2) is 8.33. The van der Waals surface area contributed by atoms with E-state index in [1.54, 1.807) is 17.3 Å². The lowest BCUT2D eigenvalue weighted by Crippen LogP contribution is -2.56. The van der Waals surface area contributed by atoms with Crippen molar-refractivity contribution in [2.45, 2.75) is 31.8 Å². The number of halogens is 1. The van der Waals surface area contributed by atoms with Gasteiger partial charge in [-0.05, 0) is 25.0 Å². The molecule has 1 saturated heterocycles. The van der Waals surface area contributed by atoms with Crippen LogP contribution in [0.25, 0.3) is 17.3 Å². The van der Waals surface area contributed by atoms with Gasteiger partial charge in [-0.15, -0.1) is 0 Å². The number of fused-ring (bicyclic) bond motifs is 1. The summed E-state index contributed by atoms with van der Waals surface area (Å²) in [6.45, 7) is 3.32. The monoisotopic (exact) mass is 450 g/mol. The standard InChI is InChI=1S/C22H23ClN8O/c1-2-17-19(25)30(13-24)18-11-27-22(28-21(18)31(17)16-6-9-32-12-16)29-8-7-26-20(29)14-4-3-5-15(23)10-14/h3-5,7-8,10-11,13,16-17,24-25H,2,6,9,12H2,1H3/t16?,17-/m1/s1. The first-order chi connectivity index (χ1) is 15.6. The molecule has 0 spiro atoms. The van der Waals surface area contributed by atoms with E-state index in [0.29, 0.717) is 47.4 Å². The van der Waals surface area contributed by atoms with Gasteiger partial charge in [0.2, 0.25) is 5.95 Å². The maximum Gasteiger partial charge on any atom is 0.237 e.